The van der Waals surface area contributed by atoms with Crippen molar-refractivity contribution in [2.24, 2.45) is 10.2 Å². The van der Waals surface area contributed by atoms with Crippen molar-refractivity contribution < 1.29 is 0 Å². The van der Waals surface area contributed by atoms with Crippen LogP contribution in [0, 0.1) is 22.7 Å². The molecule has 0 amide bonds. The molecule has 17 heavy (non-hydrogen) atoms. The maximum absolute atomic E-state index is 9.32. The van der Waals surface area contributed by atoms with E-state index in [1.54, 1.807) is 13.8 Å². The third kappa shape index (κ3) is 5.45. The first kappa shape index (κ1) is 15.6. The first-order valence-corrected chi connectivity index (χ1v) is 6.22. The number of nitrogens with zero attached hydrogens (tertiary/aromatic N) is 4. The Morgan fingerprint density at radius 2 is 1.59 bits per heavy atom. The van der Waals surface area contributed by atoms with Gasteiger partial charge in [-0.2, -0.15) is 20.8 Å². The van der Waals surface area contributed by atoms with Gasteiger partial charge in [0, 0.05) is 0 Å². The Balaban J connectivity index is 4.93. The highest BCUT2D eigenvalue weighted by atomic mass is 15.2. The van der Waals surface area contributed by atoms with E-state index in [1.165, 1.54) is 0 Å². The van der Waals surface area contributed by atoms with E-state index in [2.05, 4.69) is 29.3 Å². The van der Waals surface area contributed by atoms with E-state index in [0.29, 0.717) is 6.42 Å². The number of azo groups is 1. The number of unbranched alkanes of at least 4 members (excludes halogenated alkanes) is 1. The molecule has 94 valence electrons. The van der Waals surface area contributed by atoms with Crippen LogP contribution in [0.2, 0.25) is 0 Å². The smallest absolute Gasteiger partial charge is 0.167 e. The number of hydrogen-bond acceptors (Lipinski definition) is 4. The highest BCUT2D eigenvalue weighted by molar-refractivity contribution is 5.08. The largest absolute Gasteiger partial charge is 0.196 e. The van der Waals surface area contributed by atoms with Gasteiger partial charge < -0.3 is 0 Å². The second-order valence-electron chi connectivity index (χ2n) is 4.87. The lowest BCUT2D eigenvalue weighted by Gasteiger charge is -2.21. The predicted octanol–water partition coefficient (Wildman–Crippen LogP) is 3.99. The molecule has 0 aromatic rings. The van der Waals surface area contributed by atoms with Gasteiger partial charge in [0.25, 0.3) is 0 Å². The number of hydrogen-bond donors (Lipinski definition) is 0. The lowest BCUT2D eigenvalue weighted by Crippen LogP contribution is -2.25. The fourth-order valence-electron chi connectivity index (χ4n) is 1.49. The van der Waals surface area contributed by atoms with Gasteiger partial charge in [-0.1, -0.05) is 33.1 Å². The Hall–Kier alpha value is -1.42. The molecule has 1 unspecified atom stereocenters. The molecule has 0 aliphatic rings. The number of rotatable bonds is 7. The Labute approximate surface area is 104 Å². The van der Waals surface area contributed by atoms with E-state index in [-0.39, 0.29) is 0 Å². The van der Waals surface area contributed by atoms with Crippen molar-refractivity contribution in [1.82, 2.24) is 0 Å². The van der Waals surface area contributed by atoms with Gasteiger partial charge in [0.15, 0.2) is 11.1 Å². The average Bonchev–Trinajstić information content (AvgIpc) is 2.33. The molecule has 0 saturated heterocycles. The molecule has 0 aliphatic heterocycles. The molecular weight excluding hydrogens is 212 g/mol. The van der Waals surface area contributed by atoms with Crippen LogP contribution in [-0.2, 0) is 0 Å². The van der Waals surface area contributed by atoms with E-state index in [4.69, 9.17) is 5.26 Å². The first-order valence-electron chi connectivity index (χ1n) is 6.22. The minimum atomic E-state index is -0.845. The second kappa shape index (κ2) is 7.01. The Morgan fingerprint density at radius 1 is 0.941 bits per heavy atom. The molecule has 0 bridgehead atoms. The summed E-state index contributed by atoms with van der Waals surface area (Å²) in [4.78, 5) is 0. The molecule has 0 aromatic heterocycles. The lowest BCUT2D eigenvalue weighted by atomic mass is 9.90. The van der Waals surface area contributed by atoms with Crippen molar-refractivity contribution in [2.75, 3.05) is 0 Å². The van der Waals surface area contributed by atoms with Crippen LogP contribution in [0.3, 0.4) is 0 Å². The zero-order valence-corrected chi connectivity index (χ0v) is 11.3. The van der Waals surface area contributed by atoms with E-state index < -0.39 is 11.1 Å². The number of nitriles is 2. The van der Waals surface area contributed by atoms with Crippen LogP contribution in [-0.4, -0.2) is 11.1 Å². The van der Waals surface area contributed by atoms with Crippen molar-refractivity contribution in [3.8, 4) is 12.1 Å². The molecule has 4 nitrogen and oxygen atoms in total. The minimum absolute atomic E-state index is 0.703. The quantitative estimate of drug-likeness (QED) is 0.624. The third-order valence-electron chi connectivity index (χ3n) is 2.58. The molecule has 0 fully saturated rings. The molecule has 1 atom stereocenters. The Kier molecular flexibility index (Phi) is 6.43. The summed E-state index contributed by atoms with van der Waals surface area (Å²) in [6.45, 7) is 7.52. The van der Waals surface area contributed by atoms with E-state index in [9.17, 15) is 5.26 Å². The van der Waals surface area contributed by atoms with Crippen LogP contribution >= 0.6 is 0 Å². The maximum Gasteiger partial charge on any atom is 0.167 e. The van der Waals surface area contributed by atoms with Crippen molar-refractivity contribution in [2.45, 2.75) is 70.9 Å². The average molecular weight is 234 g/mol. The molecule has 0 aliphatic carbocycles. The fourth-order valence-corrected chi connectivity index (χ4v) is 1.49. The Morgan fingerprint density at radius 3 is 2.00 bits per heavy atom. The van der Waals surface area contributed by atoms with Gasteiger partial charge in [-0.25, -0.2) is 0 Å². The zero-order valence-electron chi connectivity index (χ0n) is 11.3. The van der Waals surface area contributed by atoms with Gasteiger partial charge in [-0.3, -0.25) is 0 Å². The van der Waals surface area contributed by atoms with E-state index in [0.717, 1.165) is 25.7 Å². The van der Waals surface area contributed by atoms with Gasteiger partial charge in [0.1, 0.15) is 0 Å². The van der Waals surface area contributed by atoms with E-state index >= 15 is 0 Å². The van der Waals surface area contributed by atoms with Crippen molar-refractivity contribution >= 4 is 0 Å². The lowest BCUT2D eigenvalue weighted by molar-refractivity contribution is 0.406. The summed E-state index contributed by atoms with van der Waals surface area (Å²) < 4.78 is 0. The summed E-state index contributed by atoms with van der Waals surface area (Å²) in [5, 5.41) is 26.4. The topological polar surface area (TPSA) is 72.3 Å². The molecule has 0 saturated carbocycles. The van der Waals surface area contributed by atoms with Gasteiger partial charge in [-0.05, 0) is 26.7 Å². The van der Waals surface area contributed by atoms with Gasteiger partial charge >= 0.3 is 0 Å². The van der Waals surface area contributed by atoms with Gasteiger partial charge in [-0.15, -0.1) is 0 Å². The second-order valence-corrected chi connectivity index (χ2v) is 4.87. The SMILES string of the molecule is CCCCC(C#N)(CCC)N=NC(C)(C)C#N. The highest BCUT2D eigenvalue weighted by Gasteiger charge is 2.29. The summed E-state index contributed by atoms with van der Waals surface area (Å²) in [7, 11) is 0. The molecule has 4 heteroatoms. The monoisotopic (exact) mass is 234 g/mol. The van der Waals surface area contributed by atoms with Crippen molar-refractivity contribution in [3.63, 3.8) is 0 Å². The standard InChI is InChI=1S/C13H22N4/c1-5-7-9-13(11-15,8-6-2)17-16-12(3,4)10-14/h5-9H2,1-4H3. The third-order valence-corrected chi connectivity index (χ3v) is 2.58. The van der Waals surface area contributed by atoms with Crippen LogP contribution in [0.25, 0.3) is 0 Å². The first-order chi connectivity index (χ1) is 7.95. The molecular formula is C13H22N4. The summed E-state index contributed by atoms with van der Waals surface area (Å²) in [6.07, 6.45) is 4.31. The Bertz CT molecular complexity index is 332. The zero-order chi connectivity index (χ0) is 13.4. The maximum atomic E-state index is 9.32. The minimum Gasteiger partial charge on any atom is -0.196 e. The highest BCUT2D eigenvalue weighted by Crippen LogP contribution is 2.26. The molecule has 0 aromatic carbocycles. The van der Waals surface area contributed by atoms with Crippen LogP contribution in [0.1, 0.15) is 59.8 Å². The summed E-state index contributed by atoms with van der Waals surface area (Å²) in [5.74, 6) is 0. The molecule has 0 heterocycles. The van der Waals surface area contributed by atoms with E-state index in [1.807, 2.05) is 6.92 Å². The summed E-state index contributed by atoms with van der Waals surface area (Å²) in [5.41, 5.74) is -1.58. The molecule has 0 spiro atoms. The van der Waals surface area contributed by atoms with Crippen LogP contribution in [0.15, 0.2) is 10.2 Å². The van der Waals surface area contributed by atoms with Gasteiger partial charge in [0.2, 0.25) is 0 Å². The summed E-state index contributed by atoms with van der Waals surface area (Å²) >= 11 is 0. The van der Waals surface area contributed by atoms with Crippen molar-refractivity contribution in [1.29, 1.82) is 10.5 Å². The van der Waals surface area contributed by atoms with Gasteiger partial charge in [0.05, 0.1) is 12.1 Å². The predicted molar refractivity (Wildman–Crippen MR) is 67.3 cm³/mol. The van der Waals surface area contributed by atoms with Crippen LogP contribution in [0.5, 0.6) is 0 Å². The van der Waals surface area contributed by atoms with Crippen LogP contribution < -0.4 is 0 Å². The normalized spacial score (nSPS) is 15.2. The summed E-state index contributed by atoms with van der Waals surface area (Å²) in [6, 6.07) is 4.34. The molecule has 0 N–H and O–H groups in total. The molecule has 0 rings (SSSR count). The van der Waals surface area contributed by atoms with Crippen LogP contribution in [0.4, 0.5) is 0 Å². The van der Waals surface area contributed by atoms with Crippen molar-refractivity contribution in [3.05, 3.63) is 0 Å². The molecule has 0 radical (unpaired) electrons. The fraction of sp³-hybridized carbons (Fsp3) is 0.846.